The van der Waals surface area contributed by atoms with Crippen molar-refractivity contribution in [2.24, 2.45) is 4.99 Å². The van der Waals surface area contributed by atoms with Crippen molar-refractivity contribution in [1.29, 1.82) is 0 Å². The predicted octanol–water partition coefficient (Wildman–Crippen LogP) is 3.77. The molecule has 0 unspecified atom stereocenters. The van der Waals surface area contributed by atoms with Crippen molar-refractivity contribution in [3.05, 3.63) is 58.6 Å². The van der Waals surface area contributed by atoms with Crippen molar-refractivity contribution in [3.8, 4) is 5.75 Å². The number of thioether (sulfide) groups is 1. The lowest BCUT2D eigenvalue weighted by atomic mass is 10.2. The van der Waals surface area contributed by atoms with Crippen LogP contribution >= 0.6 is 23.4 Å². The monoisotopic (exact) mass is 417 g/mol. The Hall–Kier alpha value is -2.51. The molecule has 8 heteroatoms. The average Bonchev–Trinajstić information content (AvgIpc) is 3.03. The smallest absolute Gasteiger partial charge is 0.240 e. The fraction of sp³-hybridized carbons (Fsp3) is 0.250. The number of para-hydroxylation sites is 1. The molecule has 0 aliphatic carbocycles. The van der Waals surface area contributed by atoms with Crippen molar-refractivity contribution < 1.29 is 14.3 Å². The first-order chi connectivity index (χ1) is 13.5. The van der Waals surface area contributed by atoms with E-state index in [9.17, 15) is 9.59 Å². The number of anilines is 1. The standard InChI is InChI=1S/C20H20ClN3O3S/c1-12-14(21)7-5-8-15(12)23-18(25)10-17-19(26)24-20(28-17)22-11-13-6-3-4-9-16(13)27-2/h3-9,17H,10-11H2,1-2H3,(H,23,25)(H,22,24,26)/t17-/m1/s1. The van der Waals surface area contributed by atoms with Gasteiger partial charge in [0.15, 0.2) is 5.17 Å². The molecular weight excluding hydrogens is 398 g/mol. The van der Waals surface area contributed by atoms with Crippen molar-refractivity contribution >= 4 is 46.0 Å². The molecule has 3 rings (SSSR count). The van der Waals surface area contributed by atoms with E-state index >= 15 is 0 Å². The Morgan fingerprint density at radius 2 is 2.07 bits per heavy atom. The summed E-state index contributed by atoms with van der Waals surface area (Å²) in [5.74, 6) is 0.278. The van der Waals surface area contributed by atoms with Gasteiger partial charge in [-0.1, -0.05) is 47.6 Å². The third kappa shape index (κ3) is 4.85. The van der Waals surface area contributed by atoms with E-state index in [1.165, 1.54) is 11.8 Å². The summed E-state index contributed by atoms with van der Waals surface area (Å²) < 4.78 is 5.30. The normalized spacial score (nSPS) is 17.5. The second kappa shape index (κ2) is 9.12. The van der Waals surface area contributed by atoms with E-state index in [2.05, 4.69) is 15.6 Å². The molecule has 2 aromatic carbocycles. The number of ether oxygens (including phenoxy) is 1. The van der Waals surface area contributed by atoms with Crippen LogP contribution in [0.1, 0.15) is 17.5 Å². The number of carbonyl (C=O) groups is 2. The molecule has 1 aliphatic heterocycles. The highest BCUT2D eigenvalue weighted by Gasteiger charge is 2.32. The fourth-order valence-corrected chi connectivity index (χ4v) is 3.86. The Kier molecular flexibility index (Phi) is 6.59. The summed E-state index contributed by atoms with van der Waals surface area (Å²) >= 11 is 7.33. The maximum Gasteiger partial charge on any atom is 0.240 e. The van der Waals surface area contributed by atoms with Crippen molar-refractivity contribution in [3.63, 3.8) is 0 Å². The Labute approximate surface area is 172 Å². The van der Waals surface area contributed by atoms with Gasteiger partial charge in [0.2, 0.25) is 11.8 Å². The van der Waals surface area contributed by atoms with Gasteiger partial charge in [0.1, 0.15) is 11.0 Å². The molecule has 1 saturated heterocycles. The number of amidine groups is 1. The van der Waals surface area contributed by atoms with Gasteiger partial charge in [-0.2, -0.15) is 0 Å². The summed E-state index contributed by atoms with van der Waals surface area (Å²) in [7, 11) is 1.61. The summed E-state index contributed by atoms with van der Waals surface area (Å²) in [6.07, 6.45) is 0.0517. The van der Waals surface area contributed by atoms with Crippen LogP contribution in [0.2, 0.25) is 5.02 Å². The number of carbonyl (C=O) groups excluding carboxylic acids is 2. The Morgan fingerprint density at radius 1 is 1.29 bits per heavy atom. The van der Waals surface area contributed by atoms with Crippen LogP contribution in [0, 0.1) is 6.92 Å². The number of rotatable bonds is 6. The van der Waals surface area contributed by atoms with Gasteiger partial charge in [-0.3, -0.25) is 14.6 Å². The minimum Gasteiger partial charge on any atom is -0.496 e. The lowest BCUT2D eigenvalue weighted by molar-refractivity contribution is -0.122. The predicted molar refractivity (Wildman–Crippen MR) is 113 cm³/mol. The quantitative estimate of drug-likeness (QED) is 0.749. The molecule has 1 atom stereocenters. The zero-order chi connectivity index (χ0) is 20.1. The highest BCUT2D eigenvalue weighted by molar-refractivity contribution is 8.15. The lowest BCUT2D eigenvalue weighted by Gasteiger charge is -2.10. The van der Waals surface area contributed by atoms with Gasteiger partial charge in [-0.15, -0.1) is 0 Å². The molecule has 0 saturated carbocycles. The van der Waals surface area contributed by atoms with Crippen LogP contribution in [0.4, 0.5) is 5.69 Å². The van der Waals surface area contributed by atoms with E-state index in [0.717, 1.165) is 16.9 Å². The van der Waals surface area contributed by atoms with E-state index in [1.54, 1.807) is 25.3 Å². The first-order valence-electron chi connectivity index (χ1n) is 8.66. The summed E-state index contributed by atoms with van der Waals surface area (Å²) in [4.78, 5) is 29.0. The van der Waals surface area contributed by atoms with Gasteiger partial charge in [0.05, 0.1) is 13.7 Å². The maximum absolute atomic E-state index is 12.3. The molecule has 1 heterocycles. The number of nitrogens with zero attached hydrogens (tertiary/aromatic N) is 1. The number of methoxy groups -OCH3 is 1. The summed E-state index contributed by atoms with van der Waals surface area (Å²) in [5.41, 5.74) is 2.36. The van der Waals surface area contributed by atoms with Crippen LogP contribution in [-0.2, 0) is 16.1 Å². The first kappa shape index (κ1) is 20.2. The second-order valence-electron chi connectivity index (χ2n) is 6.19. The molecule has 0 spiro atoms. The highest BCUT2D eigenvalue weighted by Crippen LogP contribution is 2.26. The molecule has 6 nitrogen and oxygen atoms in total. The average molecular weight is 418 g/mol. The topological polar surface area (TPSA) is 79.8 Å². The Morgan fingerprint density at radius 3 is 2.86 bits per heavy atom. The maximum atomic E-state index is 12.3. The van der Waals surface area contributed by atoms with Gasteiger partial charge in [0, 0.05) is 22.7 Å². The van der Waals surface area contributed by atoms with E-state index in [-0.39, 0.29) is 18.2 Å². The molecule has 2 N–H and O–H groups in total. The number of nitrogens with one attached hydrogen (secondary N) is 2. The van der Waals surface area contributed by atoms with Gasteiger partial charge >= 0.3 is 0 Å². The molecule has 0 bridgehead atoms. The van der Waals surface area contributed by atoms with Gasteiger partial charge in [0.25, 0.3) is 0 Å². The Bertz CT molecular complexity index is 933. The Balaban J connectivity index is 1.59. The molecule has 0 aromatic heterocycles. The highest BCUT2D eigenvalue weighted by atomic mass is 35.5. The van der Waals surface area contributed by atoms with Crippen LogP contribution < -0.4 is 15.4 Å². The SMILES string of the molecule is COc1ccccc1CN=C1NC(=O)[C@@H](CC(=O)Nc2cccc(Cl)c2C)S1. The summed E-state index contributed by atoms with van der Waals surface area (Å²) in [6, 6.07) is 12.9. The summed E-state index contributed by atoms with van der Waals surface area (Å²) in [5, 5.41) is 6.12. The van der Waals surface area contributed by atoms with Crippen LogP contribution in [-0.4, -0.2) is 29.3 Å². The van der Waals surface area contributed by atoms with Crippen molar-refractivity contribution in [1.82, 2.24) is 5.32 Å². The number of hydrogen-bond acceptors (Lipinski definition) is 5. The van der Waals surface area contributed by atoms with Crippen LogP contribution in [0.3, 0.4) is 0 Å². The van der Waals surface area contributed by atoms with Crippen molar-refractivity contribution in [2.75, 3.05) is 12.4 Å². The van der Waals surface area contributed by atoms with E-state index in [4.69, 9.17) is 16.3 Å². The minimum atomic E-state index is -0.518. The van der Waals surface area contributed by atoms with Crippen LogP contribution in [0.15, 0.2) is 47.5 Å². The number of amides is 2. The molecule has 2 aromatic rings. The fourth-order valence-electron chi connectivity index (χ4n) is 2.72. The number of hydrogen-bond donors (Lipinski definition) is 2. The largest absolute Gasteiger partial charge is 0.496 e. The molecule has 0 radical (unpaired) electrons. The summed E-state index contributed by atoms with van der Waals surface area (Å²) in [6.45, 7) is 2.21. The van der Waals surface area contributed by atoms with Crippen LogP contribution in [0.25, 0.3) is 0 Å². The van der Waals surface area contributed by atoms with Gasteiger partial charge in [-0.05, 0) is 30.7 Å². The number of benzene rings is 2. The number of halogens is 1. The minimum absolute atomic E-state index is 0.0517. The molecule has 1 aliphatic rings. The molecule has 28 heavy (non-hydrogen) atoms. The van der Waals surface area contributed by atoms with E-state index in [1.807, 2.05) is 31.2 Å². The molecular formula is C20H20ClN3O3S. The van der Waals surface area contributed by atoms with Crippen molar-refractivity contribution in [2.45, 2.75) is 25.1 Å². The third-order valence-electron chi connectivity index (χ3n) is 4.27. The number of aliphatic imine (C=N–C) groups is 1. The van der Waals surface area contributed by atoms with E-state index < -0.39 is 5.25 Å². The van der Waals surface area contributed by atoms with Crippen LogP contribution in [0.5, 0.6) is 5.75 Å². The first-order valence-corrected chi connectivity index (χ1v) is 9.92. The van der Waals surface area contributed by atoms with Gasteiger partial charge in [-0.25, -0.2) is 0 Å². The molecule has 2 amide bonds. The molecule has 1 fully saturated rings. The molecule has 146 valence electrons. The third-order valence-corrected chi connectivity index (χ3v) is 5.80. The second-order valence-corrected chi connectivity index (χ2v) is 7.79. The lowest BCUT2D eigenvalue weighted by Crippen LogP contribution is -2.28. The zero-order valence-electron chi connectivity index (χ0n) is 15.5. The van der Waals surface area contributed by atoms with Gasteiger partial charge < -0.3 is 15.4 Å². The zero-order valence-corrected chi connectivity index (χ0v) is 17.1. The van der Waals surface area contributed by atoms with E-state index in [0.29, 0.717) is 22.4 Å².